The molecule has 1 aromatic rings. The van der Waals surface area contributed by atoms with E-state index in [9.17, 15) is 19.5 Å². The summed E-state index contributed by atoms with van der Waals surface area (Å²) in [6.07, 6.45) is 5.08. The third-order valence-corrected chi connectivity index (χ3v) is 10.8. The van der Waals surface area contributed by atoms with Crippen molar-refractivity contribution in [2.75, 3.05) is 49.2 Å². The maximum absolute atomic E-state index is 14.7. The van der Waals surface area contributed by atoms with E-state index in [-0.39, 0.29) is 42.2 Å². The van der Waals surface area contributed by atoms with Gasteiger partial charge in [-0.1, -0.05) is 25.7 Å². The molecule has 2 amide bonds. The monoisotopic (exact) mass is 569 g/mol. The van der Waals surface area contributed by atoms with Gasteiger partial charge in [0.25, 0.3) is 5.91 Å². The van der Waals surface area contributed by atoms with Gasteiger partial charge in [0.2, 0.25) is 5.91 Å². The van der Waals surface area contributed by atoms with Crippen molar-refractivity contribution in [1.29, 1.82) is 0 Å². The molecule has 3 fully saturated rings. The predicted octanol–water partition coefficient (Wildman–Crippen LogP) is 3.89. The second-order valence-corrected chi connectivity index (χ2v) is 12.4. The van der Waals surface area contributed by atoms with Gasteiger partial charge in [0.15, 0.2) is 0 Å². The van der Waals surface area contributed by atoms with E-state index in [0.717, 1.165) is 30.9 Å². The maximum Gasteiger partial charge on any atom is 0.311 e. The molecule has 0 radical (unpaired) electrons. The molecule has 8 nitrogen and oxygen atoms in total. The Labute approximate surface area is 242 Å². The SMILES string of the molecule is C=CCOC(=O)[C@@H]1[C@H]2C(=O)N(CCCCO)C(C(=O)N(CC=C)c3ccc(N(CC)CC)cc3)C23S[C@@H]1CC3C. The molecule has 218 valence electrons. The van der Waals surface area contributed by atoms with Gasteiger partial charge in [-0.25, -0.2) is 0 Å². The number of thioether (sulfide) groups is 1. The highest BCUT2D eigenvalue weighted by molar-refractivity contribution is 8.02. The number of unbranched alkanes of at least 4 members (excludes halogenated alkanes) is 1. The minimum atomic E-state index is -0.728. The zero-order valence-corrected chi connectivity index (χ0v) is 24.8. The Hall–Kier alpha value is -2.78. The van der Waals surface area contributed by atoms with Crippen LogP contribution in [-0.4, -0.2) is 83.2 Å². The number of aliphatic hydroxyl groups excluding tert-OH is 1. The Morgan fingerprint density at radius 2 is 1.82 bits per heavy atom. The molecular formula is C31H43N3O5S. The summed E-state index contributed by atoms with van der Waals surface area (Å²) in [4.78, 5) is 47.7. The predicted molar refractivity (Wildman–Crippen MR) is 160 cm³/mol. The van der Waals surface area contributed by atoms with E-state index in [1.807, 2.05) is 24.3 Å². The molecule has 3 saturated heterocycles. The number of carbonyl (C=O) groups is 3. The van der Waals surface area contributed by atoms with Crippen LogP contribution in [0.25, 0.3) is 0 Å². The Balaban J connectivity index is 1.74. The molecular weight excluding hydrogens is 526 g/mol. The third-order valence-electron chi connectivity index (χ3n) is 8.77. The number of benzene rings is 1. The molecule has 3 aliphatic heterocycles. The van der Waals surface area contributed by atoms with Gasteiger partial charge in [-0.05, 0) is 63.3 Å². The fraction of sp³-hybridized carbons (Fsp3) is 0.581. The summed E-state index contributed by atoms with van der Waals surface area (Å²) < 4.78 is 4.74. The van der Waals surface area contributed by atoms with Crippen LogP contribution in [0.2, 0.25) is 0 Å². The molecule has 1 aromatic carbocycles. The number of rotatable bonds is 14. The highest BCUT2D eigenvalue weighted by Crippen LogP contribution is 2.68. The van der Waals surface area contributed by atoms with E-state index in [1.165, 1.54) is 6.08 Å². The summed E-state index contributed by atoms with van der Waals surface area (Å²) >= 11 is 1.64. The highest BCUT2D eigenvalue weighted by atomic mass is 32.2. The van der Waals surface area contributed by atoms with Crippen LogP contribution >= 0.6 is 11.8 Å². The number of hydrogen-bond donors (Lipinski definition) is 1. The van der Waals surface area contributed by atoms with Gasteiger partial charge < -0.3 is 24.5 Å². The molecule has 3 heterocycles. The topological polar surface area (TPSA) is 90.4 Å². The van der Waals surface area contributed by atoms with Gasteiger partial charge in [0.1, 0.15) is 12.6 Å². The molecule has 1 N–H and O–H groups in total. The number of fused-ring (bicyclic) bond motifs is 1. The fourth-order valence-electron chi connectivity index (χ4n) is 6.97. The quantitative estimate of drug-likeness (QED) is 0.207. The van der Waals surface area contributed by atoms with Crippen molar-refractivity contribution in [3.8, 4) is 0 Å². The highest BCUT2D eigenvalue weighted by Gasteiger charge is 2.76. The molecule has 9 heteroatoms. The number of esters is 1. The van der Waals surface area contributed by atoms with Gasteiger partial charge in [0.05, 0.1) is 16.6 Å². The average molecular weight is 570 g/mol. The van der Waals surface area contributed by atoms with Gasteiger partial charge >= 0.3 is 5.97 Å². The zero-order chi connectivity index (χ0) is 29.0. The lowest BCUT2D eigenvalue weighted by Crippen LogP contribution is -2.57. The molecule has 40 heavy (non-hydrogen) atoms. The number of hydrogen-bond acceptors (Lipinski definition) is 7. The lowest BCUT2D eigenvalue weighted by Gasteiger charge is -2.40. The molecule has 2 bridgehead atoms. The standard InChI is InChI=1S/C31H43N3O5S/c1-6-16-33(23-14-12-22(13-15-23)32(8-3)9-4)29(37)27-31-21(5)20-24(40-31)25(30(38)39-19-7-2)26(31)28(36)34(27)17-10-11-18-35/h6-7,12-15,21,24-27,35H,1-2,8-11,16-20H2,3-5H3/t21?,24-,25+,26+,27?,31?/m1/s1. The molecule has 1 spiro atoms. The van der Waals surface area contributed by atoms with Crippen molar-refractivity contribution in [3.05, 3.63) is 49.6 Å². The van der Waals surface area contributed by atoms with E-state index in [2.05, 4.69) is 38.8 Å². The molecule has 0 aromatic heterocycles. The van der Waals surface area contributed by atoms with Crippen molar-refractivity contribution in [1.82, 2.24) is 4.90 Å². The smallest absolute Gasteiger partial charge is 0.311 e. The largest absolute Gasteiger partial charge is 0.461 e. The fourth-order valence-corrected chi connectivity index (χ4v) is 9.37. The first-order valence-corrected chi connectivity index (χ1v) is 15.3. The summed E-state index contributed by atoms with van der Waals surface area (Å²) in [5.74, 6) is -1.85. The minimum absolute atomic E-state index is 0.0143. The number of nitrogens with zero attached hydrogens (tertiary/aromatic N) is 3. The van der Waals surface area contributed by atoms with Crippen LogP contribution in [0, 0.1) is 17.8 Å². The second-order valence-electron chi connectivity index (χ2n) is 10.9. The van der Waals surface area contributed by atoms with Crippen LogP contribution in [-0.2, 0) is 19.1 Å². The number of likely N-dealkylation sites (tertiary alicyclic amines) is 1. The Bertz CT molecular complexity index is 1110. The lowest BCUT2D eigenvalue weighted by molar-refractivity contribution is -0.153. The Morgan fingerprint density at radius 1 is 1.15 bits per heavy atom. The van der Waals surface area contributed by atoms with Gasteiger partial charge in [0, 0.05) is 49.4 Å². The summed E-state index contributed by atoms with van der Waals surface area (Å²) in [5.41, 5.74) is 1.83. The van der Waals surface area contributed by atoms with Gasteiger partial charge in [-0.2, -0.15) is 0 Å². The number of ether oxygens (including phenoxy) is 1. The van der Waals surface area contributed by atoms with Crippen LogP contribution in [0.15, 0.2) is 49.6 Å². The van der Waals surface area contributed by atoms with Crippen molar-refractivity contribution in [2.45, 2.75) is 56.1 Å². The van der Waals surface area contributed by atoms with Crippen molar-refractivity contribution in [3.63, 3.8) is 0 Å². The van der Waals surface area contributed by atoms with Crippen LogP contribution in [0.4, 0.5) is 11.4 Å². The second kappa shape index (κ2) is 12.8. The molecule has 0 saturated carbocycles. The van der Waals surface area contributed by atoms with Crippen LogP contribution in [0.1, 0.15) is 40.0 Å². The van der Waals surface area contributed by atoms with Crippen LogP contribution in [0.5, 0.6) is 0 Å². The molecule has 3 aliphatic rings. The van der Waals surface area contributed by atoms with Gasteiger partial charge in [-0.3, -0.25) is 14.4 Å². The van der Waals surface area contributed by atoms with E-state index < -0.39 is 22.6 Å². The van der Waals surface area contributed by atoms with Crippen molar-refractivity contribution in [2.24, 2.45) is 17.8 Å². The third kappa shape index (κ3) is 5.07. The van der Waals surface area contributed by atoms with E-state index in [1.54, 1.807) is 27.6 Å². The van der Waals surface area contributed by atoms with Crippen molar-refractivity contribution >= 4 is 40.9 Å². The Morgan fingerprint density at radius 3 is 2.42 bits per heavy atom. The van der Waals surface area contributed by atoms with Crippen LogP contribution < -0.4 is 9.80 Å². The normalized spacial score (nSPS) is 28.4. The summed E-state index contributed by atoms with van der Waals surface area (Å²) in [7, 11) is 0. The number of amides is 2. The number of carbonyl (C=O) groups excluding carboxylic acids is 3. The van der Waals surface area contributed by atoms with Crippen LogP contribution in [0.3, 0.4) is 0 Å². The first-order valence-electron chi connectivity index (χ1n) is 14.4. The van der Waals surface area contributed by atoms with E-state index >= 15 is 0 Å². The first kappa shape index (κ1) is 30.2. The zero-order valence-electron chi connectivity index (χ0n) is 24.0. The summed E-state index contributed by atoms with van der Waals surface area (Å²) in [6.45, 7) is 16.4. The van der Waals surface area contributed by atoms with Gasteiger partial charge in [-0.15, -0.1) is 18.3 Å². The number of anilines is 2. The maximum atomic E-state index is 14.7. The Kier molecular flexibility index (Phi) is 9.67. The molecule has 3 unspecified atom stereocenters. The summed E-state index contributed by atoms with van der Waals surface area (Å²) in [5, 5.41) is 9.35. The average Bonchev–Trinajstić information content (AvgIpc) is 3.55. The lowest BCUT2D eigenvalue weighted by atomic mass is 9.66. The van der Waals surface area contributed by atoms with E-state index in [4.69, 9.17) is 4.74 Å². The van der Waals surface area contributed by atoms with E-state index in [0.29, 0.717) is 25.9 Å². The number of aliphatic hydroxyl groups is 1. The van der Waals surface area contributed by atoms with Crippen molar-refractivity contribution < 1.29 is 24.2 Å². The molecule has 6 atom stereocenters. The molecule has 0 aliphatic carbocycles. The summed E-state index contributed by atoms with van der Waals surface area (Å²) in [6, 6.07) is 7.23. The minimum Gasteiger partial charge on any atom is -0.461 e. The first-order chi connectivity index (χ1) is 19.3. The molecule has 4 rings (SSSR count).